The van der Waals surface area contributed by atoms with Crippen LogP contribution < -0.4 is 5.32 Å². The average Bonchev–Trinajstić information content (AvgIpc) is 2.46. The van der Waals surface area contributed by atoms with E-state index in [9.17, 15) is 4.39 Å². The number of nitrogens with one attached hydrogen (secondary N) is 1. The Hall–Kier alpha value is -0.900. The molecule has 0 aliphatic heterocycles. The third-order valence-electron chi connectivity index (χ3n) is 3.43. The molecule has 0 amide bonds. The molecule has 2 aromatic carbocycles. The molecule has 1 nitrogen and oxygen atoms in total. The second-order valence-electron chi connectivity index (χ2n) is 5.06. The number of aryl methyl sites for hydroxylation is 1. The first kappa shape index (κ1) is 16.5. The molecule has 0 heterocycles. The number of benzene rings is 2. The summed E-state index contributed by atoms with van der Waals surface area (Å²) in [5.41, 5.74) is 3.04. The van der Waals surface area contributed by atoms with Gasteiger partial charge in [0.1, 0.15) is 5.82 Å². The van der Waals surface area contributed by atoms with E-state index in [0.29, 0.717) is 5.02 Å². The Balaban J connectivity index is 2.46. The zero-order chi connectivity index (χ0) is 15.4. The maximum absolute atomic E-state index is 13.6. The standard InChI is InChI=1S/C17H18BrClFN/c1-3-8-21-17(12-5-7-15(18)16(19)9-12)14-10-13(20)6-4-11(14)2/h4-7,9-10,17,21H,3,8H2,1-2H3. The Bertz CT molecular complexity index is 630. The van der Waals surface area contributed by atoms with Crippen LogP contribution in [0.25, 0.3) is 0 Å². The highest BCUT2D eigenvalue weighted by Crippen LogP contribution is 2.30. The smallest absolute Gasteiger partial charge is 0.123 e. The van der Waals surface area contributed by atoms with Crippen molar-refractivity contribution >= 4 is 27.5 Å². The summed E-state index contributed by atoms with van der Waals surface area (Å²) in [5.74, 6) is -0.220. The SMILES string of the molecule is CCCNC(c1ccc(Br)c(Cl)c1)c1cc(F)ccc1C. The first-order valence-corrected chi connectivity index (χ1v) is 8.14. The Morgan fingerprint density at radius 3 is 2.67 bits per heavy atom. The Morgan fingerprint density at radius 2 is 2.00 bits per heavy atom. The highest BCUT2D eigenvalue weighted by molar-refractivity contribution is 9.10. The lowest BCUT2D eigenvalue weighted by Crippen LogP contribution is -2.24. The molecule has 0 fully saturated rings. The molecular weight excluding hydrogens is 353 g/mol. The molecule has 4 heteroatoms. The lowest BCUT2D eigenvalue weighted by molar-refractivity contribution is 0.583. The molecule has 1 N–H and O–H groups in total. The third-order valence-corrected chi connectivity index (χ3v) is 4.66. The van der Waals surface area contributed by atoms with E-state index in [1.165, 1.54) is 6.07 Å². The van der Waals surface area contributed by atoms with Crippen LogP contribution in [-0.4, -0.2) is 6.54 Å². The van der Waals surface area contributed by atoms with Gasteiger partial charge in [-0.2, -0.15) is 0 Å². The third kappa shape index (κ3) is 4.06. The molecule has 0 aromatic heterocycles. The maximum atomic E-state index is 13.6. The summed E-state index contributed by atoms with van der Waals surface area (Å²) >= 11 is 9.60. The predicted molar refractivity (Wildman–Crippen MR) is 90.4 cm³/mol. The van der Waals surface area contributed by atoms with Crippen molar-refractivity contribution in [1.82, 2.24) is 5.32 Å². The maximum Gasteiger partial charge on any atom is 0.123 e. The van der Waals surface area contributed by atoms with Gasteiger partial charge in [0.15, 0.2) is 0 Å². The van der Waals surface area contributed by atoms with E-state index in [0.717, 1.165) is 34.1 Å². The monoisotopic (exact) mass is 369 g/mol. The lowest BCUT2D eigenvalue weighted by atomic mass is 9.94. The van der Waals surface area contributed by atoms with Gasteiger partial charge < -0.3 is 5.32 Å². The molecule has 0 aliphatic rings. The van der Waals surface area contributed by atoms with Gasteiger partial charge in [0.05, 0.1) is 11.1 Å². The summed E-state index contributed by atoms with van der Waals surface area (Å²) in [6.45, 7) is 4.96. The summed E-state index contributed by atoms with van der Waals surface area (Å²) in [4.78, 5) is 0. The van der Waals surface area contributed by atoms with Crippen molar-refractivity contribution < 1.29 is 4.39 Å². The summed E-state index contributed by atoms with van der Waals surface area (Å²) < 4.78 is 14.5. The molecule has 0 bridgehead atoms. The summed E-state index contributed by atoms with van der Waals surface area (Å²) in [5, 5.41) is 4.13. The zero-order valence-electron chi connectivity index (χ0n) is 12.1. The molecule has 2 rings (SSSR count). The van der Waals surface area contributed by atoms with Crippen LogP contribution in [0.5, 0.6) is 0 Å². The van der Waals surface area contributed by atoms with Crippen molar-refractivity contribution in [2.75, 3.05) is 6.54 Å². The van der Waals surface area contributed by atoms with Gasteiger partial charge in [-0.1, -0.05) is 30.7 Å². The van der Waals surface area contributed by atoms with E-state index in [1.807, 2.05) is 31.2 Å². The normalized spacial score (nSPS) is 12.4. The molecule has 21 heavy (non-hydrogen) atoms. The van der Waals surface area contributed by atoms with Crippen LogP contribution in [0.2, 0.25) is 5.02 Å². The van der Waals surface area contributed by atoms with Crippen molar-refractivity contribution in [3.05, 3.63) is 68.4 Å². The minimum atomic E-state index is -0.220. The van der Waals surface area contributed by atoms with Crippen LogP contribution in [-0.2, 0) is 0 Å². The number of hydrogen-bond acceptors (Lipinski definition) is 1. The first-order valence-electron chi connectivity index (χ1n) is 6.97. The van der Waals surface area contributed by atoms with E-state index < -0.39 is 0 Å². The first-order chi connectivity index (χ1) is 10.0. The highest BCUT2D eigenvalue weighted by Gasteiger charge is 2.17. The molecule has 0 aliphatic carbocycles. The van der Waals surface area contributed by atoms with Crippen molar-refractivity contribution in [3.8, 4) is 0 Å². The van der Waals surface area contributed by atoms with Crippen LogP contribution >= 0.6 is 27.5 Å². The van der Waals surface area contributed by atoms with Crippen LogP contribution in [0.4, 0.5) is 4.39 Å². The number of halogens is 3. The quantitative estimate of drug-likeness (QED) is 0.718. The van der Waals surface area contributed by atoms with Crippen molar-refractivity contribution in [1.29, 1.82) is 0 Å². The van der Waals surface area contributed by atoms with Crippen LogP contribution in [0, 0.1) is 12.7 Å². The van der Waals surface area contributed by atoms with Gasteiger partial charge >= 0.3 is 0 Å². The van der Waals surface area contributed by atoms with Gasteiger partial charge in [-0.3, -0.25) is 0 Å². The predicted octanol–water partition coefficient (Wildman–Crippen LogP) is 5.64. The number of hydrogen-bond donors (Lipinski definition) is 1. The number of rotatable bonds is 5. The van der Waals surface area contributed by atoms with E-state index in [2.05, 4.69) is 28.2 Å². The lowest BCUT2D eigenvalue weighted by Gasteiger charge is -2.22. The molecule has 112 valence electrons. The molecule has 0 spiro atoms. The van der Waals surface area contributed by atoms with Gasteiger partial charge in [-0.25, -0.2) is 4.39 Å². The van der Waals surface area contributed by atoms with Crippen LogP contribution in [0.3, 0.4) is 0 Å². The summed E-state index contributed by atoms with van der Waals surface area (Å²) in [6.07, 6.45) is 1.01. The van der Waals surface area contributed by atoms with Crippen LogP contribution in [0.1, 0.15) is 36.1 Å². The fourth-order valence-electron chi connectivity index (χ4n) is 2.31. The topological polar surface area (TPSA) is 12.0 Å². The van der Waals surface area contributed by atoms with Gasteiger partial charge in [0.2, 0.25) is 0 Å². The minimum absolute atomic E-state index is 0.0637. The van der Waals surface area contributed by atoms with Gasteiger partial charge in [-0.05, 0) is 76.8 Å². The van der Waals surface area contributed by atoms with E-state index >= 15 is 0 Å². The molecule has 1 unspecified atom stereocenters. The Morgan fingerprint density at radius 1 is 1.24 bits per heavy atom. The molecule has 1 atom stereocenters. The largest absolute Gasteiger partial charge is 0.306 e. The van der Waals surface area contributed by atoms with Crippen LogP contribution in [0.15, 0.2) is 40.9 Å². The van der Waals surface area contributed by atoms with E-state index in [-0.39, 0.29) is 11.9 Å². The fraction of sp³-hybridized carbons (Fsp3) is 0.294. The average molecular weight is 371 g/mol. The zero-order valence-corrected chi connectivity index (χ0v) is 14.4. The molecule has 0 saturated heterocycles. The Kier molecular flexibility index (Phi) is 5.80. The van der Waals surface area contributed by atoms with Gasteiger partial charge in [-0.15, -0.1) is 0 Å². The molecule has 0 saturated carbocycles. The fourth-order valence-corrected chi connectivity index (χ4v) is 2.75. The summed E-state index contributed by atoms with van der Waals surface area (Å²) in [7, 11) is 0. The molecular formula is C17H18BrClFN. The van der Waals surface area contributed by atoms with Crippen molar-refractivity contribution in [2.24, 2.45) is 0 Å². The minimum Gasteiger partial charge on any atom is -0.306 e. The van der Waals surface area contributed by atoms with Crippen molar-refractivity contribution in [3.63, 3.8) is 0 Å². The van der Waals surface area contributed by atoms with Gasteiger partial charge in [0, 0.05) is 4.47 Å². The summed E-state index contributed by atoms with van der Waals surface area (Å²) in [6, 6.07) is 10.7. The highest BCUT2D eigenvalue weighted by atomic mass is 79.9. The molecule has 2 aromatic rings. The second kappa shape index (κ2) is 7.39. The van der Waals surface area contributed by atoms with E-state index in [1.54, 1.807) is 6.07 Å². The second-order valence-corrected chi connectivity index (χ2v) is 6.32. The van der Waals surface area contributed by atoms with Crippen molar-refractivity contribution in [2.45, 2.75) is 26.3 Å². The van der Waals surface area contributed by atoms with Gasteiger partial charge in [0.25, 0.3) is 0 Å². The Labute approximate surface area is 138 Å². The van der Waals surface area contributed by atoms with E-state index in [4.69, 9.17) is 11.6 Å². The molecule has 0 radical (unpaired) electrons.